The average molecular weight is 371 g/mol. The van der Waals surface area contributed by atoms with Crippen molar-refractivity contribution in [3.8, 4) is 6.07 Å². The summed E-state index contributed by atoms with van der Waals surface area (Å²) in [6.45, 7) is 0. The van der Waals surface area contributed by atoms with Gasteiger partial charge in [-0.05, 0) is 43.2 Å². The highest BCUT2D eigenvalue weighted by atomic mass is 15.2. The van der Waals surface area contributed by atoms with E-state index in [9.17, 15) is 5.26 Å². The Balaban J connectivity index is 1.59. The third-order valence-corrected chi connectivity index (χ3v) is 4.67. The van der Waals surface area contributed by atoms with Crippen molar-refractivity contribution in [2.24, 2.45) is 4.99 Å². The van der Waals surface area contributed by atoms with Crippen LogP contribution < -0.4 is 16.0 Å². The Bertz CT molecular complexity index is 964. The first-order chi connectivity index (χ1) is 13.8. The first-order valence-corrected chi connectivity index (χ1v) is 9.39. The molecule has 1 saturated carbocycles. The standard InChI is InChI=1S/C21H21N7/c22-14-16(18-11-13-24-21(27-18)25-15-6-1-2-7-15)17-8-5-10-20(26-17)28-19-9-3-4-12-23-19/h3-5,8-13,15H,1-2,6-7H2,(H,23,26,28)(H2,24,25,27)/b18-16+. The second kappa shape index (κ2) is 8.35. The molecular formula is C21H21N7. The van der Waals surface area contributed by atoms with Gasteiger partial charge in [-0.2, -0.15) is 5.26 Å². The van der Waals surface area contributed by atoms with Gasteiger partial charge in [0.1, 0.15) is 23.3 Å². The van der Waals surface area contributed by atoms with Crippen molar-refractivity contribution < 1.29 is 0 Å². The van der Waals surface area contributed by atoms with E-state index in [0.717, 1.165) is 12.8 Å². The topological polar surface area (TPSA) is 98.0 Å². The number of nitrogens with zero attached hydrogens (tertiary/aromatic N) is 4. The Labute approximate surface area is 163 Å². The number of hydrogen-bond acceptors (Lipinski definition) is 5. The minimum Gasteiger partial charge on any atom is -0.333 e. The van der Waals surface area contributed by atoms with Crippen molar-refractivity contribution >= 4 is 23.2 Å². The number of nitrogens with one attached hydrogen (secondary N) is 3. The van der Waals surface area contributed by atoms with E-state index in [1.165, 1.54) is 12.8 Å². The molecule has 140 valence electrons. The molecule has 3 N–H and O–H groups in total. The number of rotatable bonds is 4. The molecule has 0 radical (unpaired) electrons. The maximum atomic E-state index is 9.77. The van der Waals surface area contributed by atoms with Crippen molar-refractivity contribution in [2.45, 2.75) is 31.7 Å². The Hall–Kier alpha value is -3.66. The van der Waals surface area contributed by atoms with Gasteiger partial charge in [0, 0.05) is 12.4 Å². The highest BCUT2D eigenvalue weighted by Crippen LogP contribution is 2.22. The normalized spacial score (nSPS) is 19.6. The van der Waals surface area contributed by atoms with E-state index in [4.69, 9.17) is 4.99 Å². The van der Waals surface area contributed by atoms with Crippen molar-refractivity contribution in [1.29, 1.82) is 5.26 Å². The van der Waals surface area contributed by atoms with Gasteiger partial charge in [0.05, 0.1) is 17.4 Å². The van der Waals surface area contributed by atoms with Crippen LogP contribution in [-0.4, -0.2) is 22.0 Å². The molecule has 0 amide bonds. The van der Waals surface area contributed by atoms with Crippen LogP contribution in [0.1, 0.15) is 31.4 Å². The van der Waals surface area contributed by atoms with Crippen LogP contribution >= 0.6 is 0 Å². The molecule has 2 aliphatic rings. The summed E-state index contributed by atoms with van der Waals surface area (Å²) in [5, 5.41) is 19.3. The van der Waals surface area contributed by atoms with E-state index in [-0.39, 0.29) is 0 Å². The minimum atomic E-state index is 0.345. The van der Waals surface area contributed by atoms with Crippen molar-refractivity contribution in [3.05, 3.63) is 66.3 Å². The smallest absolute Gasteiger partial charge is 0.200 e. The van der Waals surface area contributed by atoms with Crippen molar-refractivity contribution in [2.75, 3.05) is 5.32 Å². The van der Waals surface area contributed by atoms with Crippen molar-refractivity contribution in [1.82, 2.24) is 20.6 Å². The lowest BCUT2D eigenvalue weighted by molar-refractivity contribution is 0.696. The molecule has 28 heavy (non-hydrogen) atoms. The predicted octanol–water partition coefficient (Wildman–Crippen LogP) is 3.46. The molecule has 0 bridgehead atoms. The average Bonchev–Trinajstić information content (AvgIpc) is 3.23. The maximum Gasteiger partial charge on any atom is 0.200 e. The van der Waals surface area contributed by atoms with E-state index in [0.29, 0.717) is 40.6 Å². The second-order valence-electron chi connectivity index (χ2n) is 6.67. The largest absolute Gasteiger partial charge is 0.333 e. The van der Waals surface area contributed by atoms with Crippen molar-refractivity contribution in [3.63, 3.8) is 0 Å². The van der Waals surface area contributed by atoms with Gasteiger partial charge in [0.25, 0.3) is 0 Å². The highest BCUT2D eigenvalue weighted by molar-refractivity contribution is 5.90. The fourth-order valence-corrected chi connectivity index (χ4v) is 3.31. The molecule has 0 unspecified atom stereocenters. The van der Waals surface area contributed by atoms with E-state index in [1.54, 1.807) is 12.4 Å². The summed E-state index contributed by atoms with van der Waals surface area (Å²) in [5.74, 6) is 2.01. The Kier molecular flexibility index (Phi) is 5.29. The summed E-state index contributed by atoms with van der Waals surface area (Å²) in [5.41, 5.74) is 1.72. The summed E-state index contributed by atoms with van der Waals surface area (Å²) >= 11 is 0. The quantitative estimate of drug-likeness (QED) is 0.712. The van der Waals surface area contributed by atoms with Gasteiger partial charge in [0.15, 0.2) is 5.96 Å². The molecule has 1 fully saturated rings. The molecule has 3 heterocycles. The SMILES string of the molecule is N#C/C(=C1/C=CNC(=NC2CCCC2)N1)c1cccc(Nc2ccccn2)n1. The van der Waals surface area contributed by atoms with Gasteiger partial charge < -0.3 is 16.0 Å². The second-order valence-corrected chi connectivity index (χ2v) is 6.67. The molecule has 2 aromatic heterocycles. The molecule has 1 aliphatic carbocycles. The first-order valence-electron chi connectivity index (χ1n) is 9.39. The molecule has 0 atom stereocenters. The van der Waals surface area contributed by atoms with Crippen LogP contribution in [0.15, 0.2) is 65.6 Å². The number of nitriles is 1. The number of aromatic nitrogens is 2. The van der Waals surface area contributed by atoms with Crippen LogP contribution in [0.5, 0.6) is 0 Å². The lowest BCUT2D eigenvalue weighted by Crippen LogP contribution is -2.38. The summed E-state index contributed by atoms with van der Waals surface area (Å²) in [4.78, 5) is 13.5. The molecule has 0 saturated heterocycles. The van der Waals surface area contributed by atoms with E-state index >= 15 is 0 Å². The number of hydrogen-bond donors (Lipinski definition) is 3. The van der Waals surface area contributed by atoms with Gasteiger partial charge >= 0.3 is 0 Å². The van der Waals surface area contributed by atoms with Gasteiger partial charge in [-0.3, -0.25) is 0 Å². The third-order valence-electron chi connectivity index (χ3n) is 4.67. The minimum absolute atomic E-state index is 0.345. The van der Waals surface area contributed by atoms with Crippen LogP contribution in [0.25, 0.3) is 5.57 Å². The zero-order chi connectivity index (χ0) is 19.2. The zero-order valence-electron chi connectivity index (χ0n) is 15.4. The molecule has 7 heteroatoms. The van der Waals surface area contributed by atoms with Crippen LogP contribution in [0.2, 0.25) is 0 Å². The van der Waals surface area contributed by atoms with Gasteiger partial charge in [-0.25, -0.2) is 15.0 Å². The third kappa shape index (κ3) is 4.18. The summed E-state index contributed by atoms with van der Waals surface area (Å²) in [7, 11) is 0. The monoisotopic (exact) mass is 371 g/mol. The fourth-order valence-electron chi connectivity index (χ4n) is 3.31. The summed E-state index contributed by atoms with van der Waals surface area (Å²) in [6.07, 6.45) is 10.0. The summed E-state index contributed by atoms with van der Waals surface area (Å²) < 4.78 is 0. The Morgan fingerprint density at radius 2 is 2.00 bits per heavy atom. The fraction of sp³-hybridized carbons (Fsp3) is 0.238. The molecule has 7 nitrogen and oxygen atoms in total. The number of pyridine rings is 2. The van der Waals surface area contributed by atoms with Crippen LogP contribution in [0.4, 0.5) is 11.6 Å². The van der Waals surface area contributed by atoms with Crippen LogP contribution in [0, 0.1) is 11.3 Å². The lowest BCUT2D eigenvalue weighted by atomic mass is 10.1. The number of guanidine groups is 1. The maximum absolute atomic E-state index is 9.77. The molecular weight excluding hydrogens is 350 g/mol. The van der Waals surface area contributed by atoms with Gasteiger partial charge in [0.2, 0.25) is 0 Å². The Morgan fingerprint density at radius 3 is 2.79 bits per heavy atom. The summed E-state index contributed by atoms with van der Waals surface area (Å²) in [6, 6.07) is 13.8. The molecule has 4 rings (SSSR count). The lowest BCUT2D eigenvalue weighted by Gasteiger charge is -2.18. The van der Waals surface area contributed by atoms with Crippen LogP contribution in [-0.2, 0) is 0 Å². The molecule has 2 aromatic rings. The molecule has 0 spiro atoms. The molecule has 1 aliphatic heterocycles. The van der Waals surface area contributed by atoms with E-state index in [1.807, 2.05) is 42.5 Å². The number of allylic oxidation sites excluding steroid dienone is 2. The zero-order valence-corrected chi connectivity index (χ0v) is 15.4. The van der Waals surface area contributed by atoms with Gasteiger partial charge in [-0.1, -0.05) is 25.0 Å². The molecule has 0 aromatic carbocycles. The Morgan fingerprint density at radius 1 is 1.14 bits per heavy atom. The van der Waals surface area contributed by atoms with E-state index in [2.05, 4.69) is 32.0 Å². The van der Waals surface area contributed by atoms with Crippen LogP contribution in [0.3, 0.4) is 0 Å². The first kappa shape index (κ1) is 17.7. The van der Waals surface area contributed by atoms with E-state index < -0.39 is 0 Å². The number of aliphatic imine (C=N–C) groups is 1. The van der Waals surface area contributed by atoms with Gasteiger partial charge in [-0.15, -0.1) is 0 Å². The highest BCUT2D eigenvalue weighted by Gasteiger charge is 2.18. The number of anilines is 2. The predicted molar refractivity (Wildman–Crippen MR) is 109 cm³/mol.